The van der Waals surface area contributed by atoms with Gasteiger partial charge in [0.15, 0.2) is 21.4 Å². The minimum atomic E-state index is -3.25. The van der Waals surface area contributed by atoms with Gasteiger partial charge >= 0.3 is 0 Å². The number of aliphatic hydroxyl groups is 1. The van der Waals surface area contributed by atoms with Crippen LogP contribution in [0.25, 0.3) is 0 Å². The molecular weight excluding hydrogens is 409 g/mol. The summed E-state index contributed by atoms with van der Waals surface area (Å²) in [4.78, 5) is 13.1. The average Bonchev–Trinajstić information content (AvgIpc) is 3.44. The Hall–Kier alpha value is -2.09. The Labute approximate surface area is 177 Å². The number of hydrogen-bond donors (Lipinski definition) is 1. The molecular formula is C22H30FNO5S. The first kappa shape index (κ1) is 22.6. The highest BCUT2D eigenvalue weighted by atomic mass is 32.2. The standard InChI is InChI=1S/C22H30FNO5S/c1-16(18-7-8-20(23)21(11-18)29-14-17-5-6-17)15-30(27,28)10-4-2-3-9-24-13-19(25)12-22(24)26/h7-8,11-12,16-17,25H,2-6,9-10,13-15H2,1H3/t16-/m0/s1. The molecule has 0 unspecified atom stereocenters. The number of amides is 1. The third-order valence-electron chi connectivity index (χ3n) is 5.54. The molecule has 1 amide bonds. The number of hydrogen-bond acceptors (Lipinski definition) is 5. The second-order valence-corrected chi connectivity index (χ2v) is 10.6. The van der Waals surface area contributed by atoms with Crippen LogP contribution in [-0.2, 0) is 14.6 Å². The maximum absolute atomic E-state index is 14.0. The van der Waals surface area contributed by atoms with E-state index in [4.69, 9.17) is 4.74 Å². The fraction of sp³-hybridized carbons (Fsp3) is 0.591. The molecule has 30 heavy (non-hydrogen) atoms. The van der Waals surface area contributed by atoms with Crippen LogP contribution in [0.4, 0.5) is 4.39 Å². The van der Waals surface area contributed by atoms with E-state index < -0.39 is 15.7 Å². The zero-order valence-electron chi connectivity index (χ0n) is 17.3. The maximum atomic E-state index is 14.0. The van der Waals surface area contributed by atoms with Gasteiger partial charge in [-0.2, -0.15) is 0 Å². The normalized spacial score (nSPS) is 17.9. The van der Waals surface area contributed by atoms with Crippen molar-refractivity contribution < 1.29 is 27.4 Å². The minimum Gasteiger partial charge on any atom is -0.510 e. The van der Waals surface area contributed by atoms with Crippen molar-refractivity contribution >= 4 is 15.7 Å². The van der Waals surface area contributed by atoms with E-state index in [0.29, 0.717) is 38.3 Å². The summed E-state index contributed by atoms with van der Waals surface area (Å²) in [6.07, 6.45) is 5.35. The summed E-state index contributed by atoms with van der Waals surface area (Å²) in [7, 11) is -3.25. The lowest BCUT2D eigenvalue weighted by Gasteiger charge is -2.16. The molecule has 1 fully saturated rings. The first-order chi connectivity index (χ1) is 14.2. The fourth-order valence-corrected chi connectivity index (χ4v) is 5.30. The van der Waals surface area contributed by atoms with E-state index >= 15 is 0 Å². The van der Waals surface area contributed by atoms with Gasteiger partial charge in [0.05, 0.1) is 24.7 Å². The number of sulfone groups is 1. The van der Waals surface area contributed by atoms with E-state index in [1.165, 1.54) is 12.1 Å². The van der Waals surface area contributed by atoms with E-state index in [9.17, 15) is 22.7 Å². The van der Waals surface area contributed by atoms with Crippen molar-refractivity contribution in [2.45, 2.75) is 44.9 Å². The number of ether oxygens (including phenoxy) is 1. The summed E-state index contributed by atoms with van der Waals surface area (Å²) in [5.41, 5.74) is 0.755. The predicted octanol–water partition coefficient (Wildman–Crippen LogP) is 3.59. The van der Waals surface area contributed by atoms with Gasteiger partial charge in [0, 0.05) is 12.6 Å². The van der Waals surface area contributed by atoms with Crippen LogP contribution in [0.2, 0.25) is 0 Å². The molecule has 1 aromatic rings. The zero-order valence-corrected chi connectivity index (χ0v) is 18.2. The van der Waals surface area contributed by atoms with Gasteiger partial charge in [0.2, 0.25) is 5.91 Å². The van der Waals surface area contributed by atoms with Crippen LogP contribution >= 0.6 is 0 Å². The van der Waals surface area contributed by atoms with Gasteiger partial charge in [-0.1, -0.05) is 19.4 Å². The van der Waals surface area contributed by atoms with Gasteiger partial charge in [-0.3, -0.25) is 4.79 Å². The molecule has 0 radical (unpaired) electrons. The number of carbonyl (C=O) groups is 1. The fourth-order valence-electron chi connectivity index (χ4n) is 3.53. The third-order valence-corrected chi connectivity index (χ3v) is 7.46. The molecule has 1 aliphatic carbocycles. The number of carbonyl (C=O) groups excluding carboxylic acids is 1. The molecule has 0 spiro atoms. The molecule has 1 heterocycles. The summed E-state index contributed by atoms with van der Waals surface area (Å²) in [6, 6.07) is 4.58. The average molecular weight is 440 g/mol. The third kappa shape index (κ3) is 6.72. The lowest BCUT2D eigenvalue weighted by Crippen LogP contribution is -2.27. The van der Waals surface area contributed by atoms with Gasteiger partial charge in [-0.25, -0.2) is 12.8 Å². The topological polar surface area (TPSA) is 83.9 Å². The van der Waals surface area contributed by atoms with Crippen molar-refractivity contribution in [1.82, 2.24) is 4.90 Å². The molecule has 1 aliphatic heterocycles. The zero-order chi connectivity index (χ0) is 21.7. The number of rotatable bonds is 12. The van der Waals surface area contributed by atoms with E-state index in [0.717, 1.165) is 18.4 Å². The molecule has 6 nitrogen and oxygen atoms in total. The Morgan fingerprint density at radius 2 is 2.03 bits per heavy atom. The van der Waals surface area contributed by atoms with Crippen LogP contribution in [0.5, 0.6) is 5.75 Å². The van der Waals surface area contributed by atoms with E-state index in [1.54, 1.807) is 17.0 Å². The minimum absolute atomic E-state index is 0.00308. The van der Waals surface area contributed by atoms with Gasteiger partial charge < -0.3 is 14.7 Å². The second-order valence-electron chi connectivity index (χ2n) is 8.42. The molecule has 2 aliphatic rings. The highest BCUT2D eigenvalue weighted by molar-refractivity contribution is 7.91. The summed E-state index contributed by atoms with van der Waals surface area (Å²) < 4.78 is 44.5. The molecule has 3 rings (SSSR count). The van der Waals surface area contributed by atoms with Gasteiger partial charge in [0.1, 0.15) is 5.76 Å². The number of halogens is 1. The molecule has 1 saturated carbocycles. The highest BCUT2D eigenvalue weighted by Crippen LogP contribution is 2.31. The van der Waals surface area contributed by atoms with Crippen LogP contribution in [-0.4, -0.2) is 55.5 Å². The molecule has 8 heteroatoms. The summed E-state index contributed by atoms with van der Waals surface area (Å²) in [5, 5.41) is 9.34. The number of aliphatic hydroxyl groups excluding tert-OH is 1. The highest BCUT2D eigenvalue weighted by Gasteiger charge is 2.24. The van der Waals surface area contributed by atoms with Crippen LogP contribution in [0.3, 0.4) is 0 Å². The SMILES string of the molecule is C[C@@H](CS(=O)(=O)CCCCCN1CC(O)=CC1=O)c1ccc(F)c(OCC2CC2)c1. The first-order valence-electron chi connectivity index (χ1n) is 10.5. The number of unbranched alkanes of at least 4 members (excludes halogenated alkanes) is 2. The van der Waals surface area contributed by atoms with Crippen molar-refractivity contribution in [2.75, 3.05) is 31.2 Å². The van der Waals surface area contributed by atoms with Gasteiger partial charge in [0.25, 0.3) is 0 Å². The predicted molar refractivity (Wildman–Crippen MR) is 113 cm³/mol. The smallest absolute Gasteiger partial charge is 0.250 e. The van der Waals surface area contributed by atoms with Gasteiger partial charge in [-0.15, -0.1) is 0 Å². The first-order valence-corrected chi connectivity index (χ1v) is 12.4. The van der Waals surface area contributed by atoms with E-state index in [1.807, 2.05) is 6.92 Å². The molecule has 0 aromatic heterocycles. The number of nitrogens with zero attached hydrogens (tertiary/aromatic N) is 1. The molecule has 1 aromatic carbocycles. The Kier molecular flexibility index (Phi) is 7.39. The van der Waals surface area contributed by atoms with Crippen molar-refractivity contribution in [3.8, 4) is 5.75 Å². The quantitative estimate of drug-likeness (QED) is 0.503. The second kappa shape index (κ2) is 9.81. The maximum Gasteiger partial charge on any atom is 0.250 e. The van der Waals surface area contributed by atoms with Crippen LogP contribution in [0.15, 0.2) is 30.0 Å². The van der Waals surface area contributed by atoms with Crippen LogP contribution in [0, 0.1) is 11.7 Å². The molecule has 1 N–H and O–H groups in total. The Morgan fingerprint density at radius 3 is 2.70 bits per heavy atom. The molecule has 0 bridgehead atoms. The van der Waals surface area contributed by atoms with Gasteiger partial charge in [-0.05, 0) is 55.2 Å². The Bertz CT molecular complexity index is 895. The lowest BCUT2D eigenvalue weighted by atomic mass is 10.0. The molecule has 166 valence electrons. The van der Waals surface area contributed by atoms with Crippen molar-refractivity contribution in [3.05, 3.63) is 41.4 Å². The number of benzene rings is 1. The van der Waals surface area contributed by atoms with E-state index in [2.05, 4.69) is 0 Å². The summed E-state index contributed by atoms with van der Waals surface area (Å²) >= 11 is 0. The van der Waals surface area contributed by atoms with Crippen molar-refractivity contribution in [2.24, 2.45) is 5.92 Å². The summed E-state index contributed by atoms with van der Waals surface area (Å²) in [5.74, 6) is -0.0155. The lowest BCUT2D eigenvalue weighted by molar-refractivity contribution is -0.124. The van der Waals surface area contributed by atoms with Crippen LogP contribution < -0.4 is 4.74 Å². The van der Waals surface area contributed by atoms with Crippen LogP contribution in [0.1, 0.15) is 50.5 Å². The monoisotopic (exact) mass is 439 g/mol. The molecule has 0 saturated heterocycles. The Balaban J connectivity index is 1.41. The Morgan fingerprint density at radius 1 is 1.27 bits per heavy atom. The molecule has 1 atom stereocenters. The van der Waals surface area contributed by atoms with E-state index in [-0.39, 0.29) is 41.4 Å². The van der Waals surface area contributed by atoms with Crippen molar-refractivity contribution in [3.63, 3.8) is 0 Å². The van der Waals surface area contributed by atoms with Crippen molar-refractivity contribution in [1.29, 1.82) is 0 Å². The largest absolute Gasteiger partial charge is 0.510 e. The summed E-state index contributed by atoms with van der Waals surface area (Å²) in [6.45, 7) is 3.08.